The van der Waals surface area contributed by atoms with Crippen LogP contribution in [0.15, 0.2) is 11.6 Å². The van der Waals surface area contributed by atoms with Gasteiger partial charge in [-0.15, -0.1) is 0 Å². The fourth-order valence-electron chi connectivity index (χ4n) is 2.74. The van der Waals surface area contributed by atoms with Crippen molar-refractivity contribution in [1.29, 1.82) is 0 Å². The van der Waals surface area contributed by atoms with Gasteiger partial charge in [0.1, 0.15) is 6.04 Å². The van der Waals surface area contributed by atoms with Crippen LogP contribution in [0.3, 0.4) is 0 Å². The van der Waals surface area contributed by atoms with Crippen molar-refractivity contribution in [3.63, 3.8) is 0 Å². The van der Waals surface area contributed by atoms with E-state index in [0.29, 0.717) is 10.6 Å². The number of hydrogen-bond donors (Lipinski definition) is 3. The first-order valence-corrected chi connectivity index (χ1v) is 9.40. The normalized spacial score (nSPS) is 23.1. The summed E-state index contributed by atoms with van der Waals surface area (Å²) in [5.41, 5.74) is 0.463. The van der Waals surface area contributed by atoms with Crippen LogP contribution in [0.4, 0.5) is 9.18 Å². The molecule has 0 aliphatic carbocycles. The highest BCUT2D eigenvalue weighted by Gasteiger charge is 2.48. The number of ether oxygens (including phenoxy) is 1. The summed E-state index contributed by atoms with van der Waals surface area (Å²) in [6, 6.07) is -2.57. The molecule has 1 saturated heterocycles. The van der Waals surface area contributed by atoms with Gasteiger partial charge in [-0.25, -0.2) is 24.0 Å². The quantitative estimate of drug-likeness (QED) is 0.239. The molecule has 0 spiro atoms. The number of hydrogen-bond acceptors (Lipinski definition) is 7. The molecule has 2 aliphatic heterocycles. The molecule has 0 radical (unpaired) electrons. The van der Waals surface area contributed by atoms with Gasteiger partial charge in [0.2, 0.25) is 5.91 Å². The summed E-state index contributed by atoms with van der Waals surface area (Å²) in [7, 11) is -3.99. The maximum absolute atomic E-state index is 13.8. The summed E-state index contributed by atoms with van der Waals surface area (Å²) in [4.78, 5) is 42.0. The third-order valence-electron chi connectivity index (χ3n) is 3.78. The van der Waals surface area contributed by atoms with Gasteiger partial charge in [0.15, 0.2) is 0 Å². The molecule has 12 nitrogen and oxygen atoms in total. The summed E-state index contributed by atoms with van der Waals surface area (Å²) < 4.78 is 41.8. The Balaban J connectivity index is 2.05. The third kappa shape index (κ3) is 4.91. The highest BCUT2D eigenvalue weighted by molar-refractivity contribution is 7.87. The monoisotopic (exact) mass is 409 g/mol. The SMILES string of the molecule is CCOC(=O)[C@H](F)ON1C(=O)N2C[C@@H]1C=C(C)[C@H]2C(=O)NCNS(N)(=O)=O. The van der Waals surface area contributed by atoms with Gasteiger partial charge in [-0.1, -0.05) is 6.08 Å². The molecule has 14 heteroatoms. The Hall–Kier alpha value is -2.29. The molecule has 2 bridgehead atoms. The summed E-state index contributed by atoms with van der Waals surface area (Å²) in [5.74, 6) is -1.94. The predicted octanol–water partition coefficient (Wildman–Crippen LogP) is -1.92. The summed E-state index contributed by atoms with van der Waals surface area (Å²) in [5, 5.41) is 7.71. The van der Waals surface area contributed by atoms with Crippen LogP contribution in [0, 0.1) is 0 Å². The van der Waals surface area contributed by atoms with E-state index in [2.05, 4.69) is 10.1 Å². The first-order chi connectivity index (χ1) is 12.5. The Bertz CT molecular complexity index is 758. The fraction of sp³-hybridized carbons (Fsp3) is 0.615. The lowest BCUT2D eigenvalue weighted by molar-refractivity contribution is -0.223. The standard InChI is InChI=1S/C13H20FN5O7S/c1-3-25-12(21)10(14)26-19-8-4-7(2)9(18(5-8)13(19)22)11(20)16-6-17-27(15,23)24/h4,8-10,17H,3,5-6H2,1-2H3,(H,16,20)(H2,15,23,24)/t8-,9-,10+/m0/s1. The van der Waals surface area contributed by atoms with E-state index in [1.807, 2.05) is 4.72 Å². The molecule has 27 heavy (non-hydrogen) atoms. The van der Waals surface area contributed by atoms with Gasteiger partial charge >= 0.3 is 18.4 Å². The van der Waals surface area contributed by atoms with Crippen LogP contribution in [-0.2, 0) is 29.4 Å². The zero-order chi connectivity index (χ0) is 20.4. The predicted molar refractivity (Wildman–Crippen MR) is 87.1 cm³/mol. The number of nitrogens with one attached hydrogen (secondary N) is 2. The molecule has 2 aliphatic rings. The van der Waals surface area contributed by atoms with Crippen molar-refractivity contribution in [2.24, 2.45) is 5.14 Å². The van der Waals surface area contributed by atoms with Crippen molar-refractivity contribution in [1.82, 2.24) is 20.0 Å². The molecule has 4 N–H and O–H groups in total. The number of rotatable bonds is 8. The minimum atomic E-state index is -3.99. The molecule has 2 heterocycles. The Morgan fingerprint density at radius 1 is 1.48 bits per heavy atom. The topological polar surface area (TPSA) is 160 Å². The average Bonchev–Trinajstić information content (AvgIpc) is 2.79. The second-order valence-electron chi connectivity index (χ2n) is 5.72. The van der Waals surface area contributed by atoms with Gasteiger partial charge in [-0.05, 0) is 19.4 Å². The van der Waals surface area contributed by atoms with Crippen LogP contribution in [-0.4, -0.2) is 74.6 Å². The van der Waals surface area contributed by atoms with Gasteiger partial charge in [0.25, 0.3) is 10.2 Å². The number of nitrogens with zero attached hydrogens (tertiary/aromatic N) is 2. The van der Waals surface area contributed by atoms with Crippen LogP contribution in [0.1, 0.15) is 13.8 Å². The van der Waals surface area contributed by atoms with E-state index >= 15 is 0 Å². The number of amides is 3. The highest BCUT2D eigenvalue weighted by Crippen LogP contribution is 2.30. The Morgan fingerprint density at radius 2 is 2.15 bits per heavy atom. The molecule has 1 fully saturated rings. The Labute approximate surface area is 154 Å². The van der Waals surface area contributed by atoms with E-state index in [9.17, 15) is 27.2 Å². The molecule has 0 unspecified atom stereocenters. The number of carbonyl (C=O) groups excluding carboxylic acids is 3. The lowest BCUT2D eigenvalue weighted by Crippen LogP contribution is -2.52. The highest BCUT2D eigenvalue weighted by atomic mass is 32.2. The molecular weight excluding hydrogens is 389 g/mol. The van der Waals surface area contributed by atoms with Gasteiger partial charge < -0.3 is 15.0 Å². The van der Waals surface area contributed by atoms with E-state index in [1.54, 1.807) is 6.92 Å². The molecule has 3 amide bonds. The molecule has 152 valence electrons. The van der Waals surface area contributed by atoms with Crippen molar-refractivity contribution >= 4 is 28.1 Å². The minimum Gasteiger partial charge on any atom is -0.462 e. The van der Waals surface area contributed by atoms with Crippen molar-refractivity contribution in [3.8, 4) is 0 Å². The third-order valence-corrected chi connectivity index (χ3v) is 4.33. The summed E-state index contributed by atoms with van der Waals surface area (Å²) in [6.45, 7) is 2.56. The molecular formula is C13H20FN5O7S. The number of fused-ring (bicyclic) bond motifs is 2. The van der Waals surface area contributed by atoms with Gasteiger partial charge in [0, 0.05) is 0 Å². The largest absolute Gasteiger partial charge is 0.462 e. The van der Waals surface area contributed by atoms with Crippen molar-refractivity contribution < 1.29 is 36.8 Å². The molecule has 0 aromatic carbocycles. The maximum Gasteiger partial charge on any atom is 0.370 e. The zero-order valence-corrected chi connectivity index (χ0v) is 15.4. The number of esters is 1. The van der Waals surface area contributed by atoms with Crippen LogP contribution in [0.2, 0.25) is 0 Å². The molecule has 0 saturated carbocycles. The Morgan fingerprint density at radius 3 is 2.74 bits per heavy atom. The van der Waals surface area contributed by atoms with Crippen LogP contribution >= 0.6 is 0 Å². The zero-order valence-electron chi connectivity index (χ0n) is 14.5. The van der Waals surface area contributed by atoms with Crippen LogP contribution in [0.5, 0.6) is 0 Å². The Kier molecular flexibility index (Phi) is 6.35. The summed E-state index contributed by atoms with van der Waals surface area (Å²) in [6.07, 6.45) is -0.967. The molecule has 0 aromatic heterocycles. The van der Waals surface area contributed by atoms with Gasteiger partial charge in [0.05, 0.1) is 25.9 Å². The second kappa shape index (κ2) is 8.16. The number of nitrogens with two attached hydrogens (primary N) is 1. The smallest absolute Gasteiger partial charge is 0.370 e. The molecule has 0 aromatic rings. The lowest BCUT2D eigenvalue weighted by atomic mass is 10.0. The first kappa shape index (κ1) is 21.0. The van der Waals surface area contributed by atoms with E-state index < -0.39 is 53.2 Å². The summed E-state index contributed by atoms with van der Waals surface area (Å²) >= 11 is 0. The van der Waals surface area contributed by atoms with Gasteiger partial charge in [-0.2, -0.15) is 18.2 Å². The molecule has 2 rings (SSSR count). The van der Waals surface area contributed by atoms with E-state index in [4.69, 9.17) is 9.98 Å². The van der Waals surface area contributed by atoms with Crippen LogP contribution in [0.25, 0.3) is 0 Å². The molecule has 3 atom stereocenters. The second-order valence-corrected chi connectivity index (χ2v) is 7.10. The van der Waals surface area contributed by atoms with Crippen molar-refractivity contribution in [3.05, 3.63) is 11.6 Å². The average molecular weight is 409 g/mol. The lowest BCUT2D eigenvalue weighted by Gasteiger charge is -2.29. The first-order valence-electron chi connectivity index (χ1n) is 7.86. The van der Waals surface area contributed by atoms with Crippen molar-refractivity contribution in [2.75, 3.05) is 19.8 Å². The number of alkyl halides is 1. The number of urea groups is 1. The number of hydroxylamine groups is 2. The van der Waals surface area contributed by atoms with Crippen LogP contribution < -0.4 is 15.2 Å². The number of halogens is 1. The number of carbonyl (C=O) groups is 3. The fourth-order valence-corrected chi connectivity index (χ4v) is 3.01. The van der Waals surface area contributed by atoms with E-state index in [1.165, 1.54) is 13.0 Å². The maximum atomic E-state index is 13.8. The van der Waals surface area contributed by atoms with Gasteiger partial charge in [-0.3, -0.25) is 4.79 Å². The van der Waals surface area contributed by atoms with E-state index in [0.717, 1.165) is 4.90 Å². The van der Waals surface area contributed by atoms with Crippen molar-refractivity contribution in [2.45, 2.75) is 32.3 Å². The minimum absolute atomic E-state index is 0.0203. The van der Waals surface area contributed by atoms with E-state index in [-0.39, 0.29) is 13.2 Å².